The van der Waals surface area contributed by atoms with E-state index >= 15 is 0 Å². The molecule has 0 radical (unpaired) electrons. The summed E-state index contributed by atoms with van der Waals surface area (Å²) in [6, 6.07) is 5.24. The Morgan fingerprint density at radius 2 is 2.12 bits per heavy atom. The molecule has 2 N–H and O–H groups in total. The first-order valence-electron chi connectivity index (χ1n) is 5.57. The molecule has 0 aromatic heterocycles. The van der Waals surface area contributed by atoms with Gasteiger partial charge in [-0.3, -0.25) is 0 Å². The number of nitrogens with one attached hydrogen (secondary N) is 2. The summed E-state index contributed by atoms with van der Waals surface area (Å²) >= 11 is 0. The molecule has 1 aliphatic rings. The molecule has 17 heavy (non-hydrogen) atoms. The Morgan fingerprint density at radius 3 is 2.76 bits per heavy atom. The van der Waals surface area contributed by atoms with Crippen LogP contribution < -0.4 is 10.0 Å². The summed E-state index contributed by atoms with van der Waals surface area (Å²) in [5.41, 5.74) is 0. The van der Waals surface area contributed by atoms with E-state index in [0.717, 1.165) is 25.5 Å². The van der Waals surface area contributed by atoms with Gasteiger partial charge in [-0.05, 0) is 31.5 Å². The third kappa shape index (κ3) is 3.02. The van der Waals surface area contributed by atoms with Gasteiger partial charge in [-0.25, -0.2) is 17.5 Å². The molecule has 1 aromatic carbocycles. The number of benzene rings is 1. The van der Waals surface area contributed by atoms with E-state index in [9.17, 15) is 12.8 Å². The number of hydrogen-bond acceptors (Lipinski definition) is 3. The minimum atomic E-state index is -3.76. The van der Waals surface area contributed by atoms with E-state index in [0.29, 0.717) is 6.54 Å². The van der Waals surface area contributed by atoms with Crippen LogP contribution in [0.4, 0.5) is 4.39 Å². The fourth-order valence-corrected chi connectivity index (χ4v) is 3.25. The lowest BCUT2D eigenvalue weighted by Crippen LogP contribution is -2.45. The SMILES string of the molecule is O=S(=O)(NC1CCCNC1)c1ccccc1F. The second-order valence-corrected chi connectivity index (χ2v) is 5.78. The van der Waals surface area contributed by atoms with Crippen molar-refractivity contribution < 1.29 is 12.8 Å². The Labute approximate surface area is 100 Å². The van der Waals surface area contributed by atoms with Crippen LogP contribution in [0.3, 0.4) is 0 Å². The zero-order valence-electron chi connectivity index (χ0n) is 9.32. The van der Waals surface area contributed by atoms with Crippen molar-refractivity contribution in [3.05, 3.63) is 30.1 Å². The summed E-state index contributed by atoms with van der Waals surface area (Å²) in [7, 11) is -3.76. The van der Waals surface area contributed by atoms with E-state index in [-0.39, 0.29) is 10.9 Å². The van der Waals surface area contributed by atoms with Crippen LogP contribution in [0.2, 0.25) is 0 Å². The maximum Gasteiger partial charge on any atom is 0.243 e. The van der Waals surface area contributed by atoms with E-state index in [1.807, 2.05) is 0 Å². The Morgan fingerprint density at radius 1 is 1.35 bits per heavy atom. The highest BCUT2D eigenvalue weighted by atomic mass is 32.2. The lowest BCUT2D eigenvalue weighted by Gasteiger charge is -2.23. The van der Waals surface area contributed by atoms with Gasteiger partial charge in [-0.2, -0.15) is 0 Å². The fourth-order valence-electron chi connectivity index (χ4n) is 1.90. The predicted octanol–water partition coefficient (Wildman–Crippen LogP) is 0.856. The van der Waals surface area contributed by atoms with Crippen LogP contribution in [0.25, 0.3) is 0 Å². The molecule has 0 aliphatic carbocycles. The molecule has 1 aliphatic heterocycles. The number of rotatable bonds is 3. The minimum Gasteiger partial charge on any atom is -0.315 e. The van der Waals surface area contributed by atoms with Crippen molar-refractivity contribution in [3.63, 3.8) is 0 Å². The van der Waals surface area contributed by atoms with Gasteiger partial charge in [-0.1, -0.05) is 12.1 Å². The molecule has 1 fully saturated rings. The van der Waals surface area contributed by atoms with Gasteiger partial charge in [-0.15, -0.1) is 0 Å². The Balaban J connectivity index is 2.16. The minimum absolute atomic E-state index is 0.159. The summed E-state index contributed by atoms with van der Waals surface area (Å²) < 4.78 is 39.8. The topological polar surface area (TPSA) is 58.2 Å². The first-order valence-corrected chi connectivity index (χ1v) is 7.05. The Hall–Kier alpha value is -0.980. The van der Waals surface area contributed by atoms with Crippen LogP contribution in [0.5, 0.6) is 0 Å². The number of sulfonamides is 1. The van der Waals surface area contributed by atoms with Crippen molar-refractivity contribution in [2.45, 2.75) is 23.8 Å². The molecule has 0 bridgehead atoms. The van der Waals surface area contributed by atoms with Crippen molar-refractivity contribution in [1.82, 2.24) is 10.0 Å². The maximum atomic E-state index is 13.4. The maximum absolute atomic E-state index is 13.4. The monoisotopic (exact) mass is 258 g/mol. The van der Waals surface area contributed by atoms with Crippen LogP contribution in [0.1, 0.15) is 12.8 Å². The van der Waals surface area contributed by atoms with Crippen molar-refractivity contribution in [1.29, 1.82) is 0 Å². The quantitative estimate of drug-likeness (QED) is 0.845. The average Bonchev–Trinajstić information content (AvgIpc) is 2.30. The highest BCUT2D eigenvalue weighted by Gasteiger charge is 2.23. The molecule has 2 rings (SSSR count). The van der Waals surface area contributed by atoms with E-state index in [1.54, 1.807) is 0 Å². The normalized spacial score (nSPS) is 21.4. The lowest BCUT2D eigenvalue weighted by atomic mass is 10.1. The van der Waals surface area contributed by atoms with Crippen molar-refractivity contribution in [2.75, 3.05) is 13.1 Å². The predicted molar refractivity (Wildman–Crippen MR) is 62.6 cm³/mol. The van der Waals surface area contributed by atoms with Gasteiger partial charge in [0.1, 0.15) is 10.7 Å². The molecule has 1 saturated heterocycles. The van der Waals surface area contributed by atoms with E-state index < -0.39 is 15.8 Å². The van der Waals surface area contributed by atoms with Gasteiger partial charge in [0.2, 0.25) is 10.0 Å². The fraction of sp³-hybridized carbons (Fsp3) is 0.455. The third-order valence-electron chi connectivity index (χ3n) is 2.74. The summed E-state index contributed by atoms with van der Waals surface area (Å²) in [4.78, 5) is -0.287. The third-order valence-corrected chi connectivity index (χ3v) is 4.30. The molecule has 4 nitrogen and oxygen atoms in total. The van der Waals surface area contributed by atoms with Crippen molar-refractivity contribution >= 4 is 10.0 Å². The summed E-state index contributed by atoms with van der Waals surface area (Å²) in [5, 5.41) is 3.10. The van der Waals surface area contributed by atoms with Crippen LogP contribution >= 0.6 is 0 Å². The number of piperidine rings is 1. The molecule has 0 amide bonds. The second kappa shape index (κ2) is 5.12. The lowest BCUT2D eigenvalue weighted by molar-refractivity contribution is 0.427. The Kier molecular flexibility index (Phi) is 3.76. The van der Waals surface area contributed by atoms with E-state index in [2.05, 4.69) is 10.0 Å². The molecule has 0 saturated carbocycles. The second-order valence-electron chi connectivity index (χ2n) is 4.09. The van der Waals surface area contributed by atoms with Gasteiger partial charge < -0.3 is 5.32 Å². The molecule has 0 spiro atoms. The highest BCUT2D eigenvalue weighted by molar-refractivity contribution is 7.89. The van der Waals surface area contributed by atoms with Gasteiger partial charge in [0.05, 0.1) is 0 Å². The first-order chi connectivity index (χ1) is 8.09. The van der Waals surface area contributed by atoms with Gasteiger partial charge in [0.25, 0.3) is 0 Å². The average molecular weight is 258 g/mol. The van der Waals surface area contributed by atoms with Gasteiger partial charge in [0, 0.05) is 12.6 Å². The molecular weight excluding hydrogens is 243 g/mol. The van der Waals surface area contributed by atoms with Gasteiger partial charge >= 0.3 is 0 Å². The standard InChI is InChI=1S/C11H15FN2O2S/c12-10-5-1-2-6-11(10)17(15,16)14-9-4-3-7-13-8-9/h1-2,5-6,9,13-14H,3-4,7-8H2. The molecule has 1 unspecified atom stereocenters. The molecule has 94 valence electrons. The van der Waals surface area contributed by atoms with Crippen LogP contribution in [0.15, 0.2) is 29.2 Å². The number of hydrogen-bond donors (Lipinski definition) is 2. The molecule has 6 heteroatoms. The van der Waals surface area contributed by atoms with Gasteiger partial charge in [0.15, 0.2) is 0 Å². The smallest absolute Gasteiger partial charge is 0.243 e. The molecule has 1 heterocycles. The van der Waals surface area contributed by atoms with E-state index in [1.165, 1.54) is 18.2 Å². The summed E-state index contributed by atoms with van der Waals surface area (Å²) in [6.07, 6.45) is 1.70. The zero-order valence-corrected chi connectivity index (χ0v) is 10.1. The summed E-state index contributed by atoms with van der Waals surface area (Å²) in [6.45, 7) is 1.49. The van der Waals surface area contributed by atoms with Crippen molar-refractivity contribution in [3.8, 4) is 0 Å². The first kappa shape index (κ1) is 12.5. The molecule has 1 aromatic rings. The van der Waals surface area contributed by atoms with Crippen LogP contribution in [-0.2, 0) is 10.0 Å². The zero-order chi connectivity index (χ0) is 12.3. The van der Waals surface area contributed by atoms with Crippen LogP contribution in [0, 0.1) is 5.82 Å². The van der Waals surface area contributed by atoms with Crippen LogP contribution in [-0.4, -0.2) is 27.5 Å². The largest absolute Gasteiger partial charge is 0.315 e. The highest BCUT2D eigenvalue weighted by Crippen LogP contribution is 2.14. The summed E-state index contributed by atoms with van der Waals surface area (Å²) in [5.74, 6) is -0.719. The Bertz CT molecular complexity index is 484. The molecular formula is C11H15FN2O2S. The molecule has 1 atom stereocenters. The van der Waals surface area contributed by atoms with Crippen molar-refractivity contribution in [2.24, 2.45) is 0 Å². The number of halogens is 1. The van der Waals surface area contributed by atoms with E-state index in [4.69, 9.17) is 0 Å².